The zero-order chi connectivity index (χ0) is 17.4. The molecule has 3 N–H and O–H groups in total. The minimum absolute atomic E-state index is 0.319. The Morgan fingerprint density at radius 3 is 2.33 bits per heavy atom. The summed E-state index contributed by atoms with van der Waals surface area (Å²) in [5.74, 6) is 0.0461. The standard InChI is InChI=1S/C18H24N4O2/c1-13(2)8-16(17(23)24)19-10-15-11-21-18(22-12-15)20-9-14-6-4-3-5-7-14/h3-7,11-13,16,19H,8-10H2,1-2H3,(H,23,24)(H,20,21,22)/t16-/m0/s1. The number of hydrogen-bond donors (Lipinski definition) is 3. The van der Waals surface area contributed by atoms with Gasteiger partial charge in [-0.2, -0.15) is 0 Å². The molecular formula is C18H24N4O2. The number of rotatable bonds is 9. The van der Waals surface area contributed by atoms with Crippen molar-refractivity contribution in [2.75, 3.05) is 5.32 Å². The molecule has 0 saturated heterocycles. The lowest BCUT2D eigenvalue weighted by molar-refractivity contribution is -0.140. The third kappa shape index (κ3) is 5.96. The van der Waals surface area contributed by atoms with Crippen LogP contribution in [0.5, 0.6) is 0 Å². The average molecular weight is 328 g/mol. The Morgan fingerprint density at radius 1 is 1.08 bits per heavy atom. The molecule has 0 fully saturated rings. The molecule has 0 spiro atoms. The first-order chi connectivity index (χ1) is 11.5. The lowest BCUT2D eigenvalue weighted by Crippen LogP contribution is -2.37. The number of nitrogens with zero attached hydrogens (tertiary/aromatic N) is 2. The van der Waals surface area contributed by atoms with Gasteiger partial charge >= 0.3 is 5.97 Å². The summed E-state index contributed by atoms with van der Waals surface area (Å²) in [6.07, 6.45) is 4.01. The fourth-order valence-corrected chi connectivity index (χ4v) is 2.30. The van der Waals surface area contributed by atoms with Crippen LogP contribution in [-0.4, -0.2) is 27.1 Å². The van der Waals surface area contributed by atoms with E-state index in [0.717, 1.165) is 11.1 Å². The van der Waals surface area contributed by atoms with Gasteiger partial charge in [0.25, 0.3) is 0 Å². The summed E-state index contributed by atoms with van der Waals surface area (Å²) in [7, 11) is 0. The first kappa shape index (κ1) is 17.9. The Morgan fingerprint density at radius 2 is 1.75 bits per heavy atom. The smallest absolute Gasteiger partial charge is 0.320 e. The van der Waals surface area contributed by atoms with Crippen LogP contribution < -0.4 is 10.6 Å². The number of carboxylic acid groups (broad SMARTS) is 1. The maximum atomic E-state index is 11.2. The van der Waals surface area contributed by atoms with E-state index in [1.165, 1.54) is 0 Å². The van der Waals surface area contributed by atoms with Crippen molar-refractivity contribution in [2.24, 2.45) is 5.92 Å². The van der Waals surface area contributed by atoms with Gasteiger partial charge in [-0.05, 0) is 17.9 Å². The Balaban J connectivity index is 1.84. The highest BCUT2D eigenvalue weighted by Gasteiger charge is 2.17. The van der Waals surface area contributed by atoms with Gasteiger partial charge in [0.1, 0.15) is 6.04 Å². The maximum Gasteiger partial charge on any atom is 0.320 e. The molecule has 24 heavy (non-hydrogen) atoms. The van der Waals surface area contributed by atoms with Gasteiger partial charge in [0.15, 0.2) is 0 Å². The molecule has 1 heterocycles. The highest BCUT2D eigenvalue weighted by Crippen LogP contribution is 2.07. The summed E-state index contributed by atoms with van der Waals surface area (Å²) in [5.41, 5.74) is 2.01. The Kier molecular flexibility index (Phi) is 6.69. The SMILES string of the molecule is CC(C)C[C@H](NCc1cnc(NCc2ccccc2)nc1)C(=O)O. The summed E-state index contributed by atoms with van der Waals surface area (Å²) in [6.45, 7) is 5.11. The number of benzene rings is 1. The van der Waals surface area contributed by atoms with Crippen molar-refractivity contribution >= 4 is 11.9 Å². The van der Waals surface area contributed by atoms with Gasteiger partial charge in [0, 0.05) is 31.0 Å². The average Bonchev–Trinajstić information content (AvgIpc) is 2.58. The van der Waals surface area contributed by atoms with Crippen LogP contribution >= 0.6 is 0 Å². The molecule has 2 aromatic rings. The topological polar surface area (TPSA) is 87.1 Å². The van der Waals surface area contributed by atoms with Crippen LogP contribution in [0.1, 0.15) is 31.4 Å². The third-order valence-corrected chi connectivity index (χ3v) is 3.56. The first-order valence-electron chi connectivity index (χ1n) is 8.09. The number of carbonyl (C=O) groups is 1. The molecule has 0 aliphatic rings. The monoisotopic (exact) mass is 328 g/mol. The lowest BCUT2D eigenvalue weighted by Gasteiger charge is -2.16. The summed E-state index contributed by atoms with van der Waals surface area (Å²) < 4.78 is 0. The molecule has 0 radical (unpaired) electrons. The van der Waals surface area contributed by atoms with Gasteiger partial charge in [-0.15, -0.1) is 0 Å². The zero-order valence-electron chi connectivity index (χ0n) is 14.1. The van der Waals surface area contributed by atoms with E-state index in [2.05, 4.69) is 20.6 Å². The predicted octanol–water partition coefficient (Wildman–Crippen LogP) is 2.68. The van der Waals surface area contributed by atoms with Crippen molar-refractivity contribution in [1.29, 1.82) is 0 Å². The van der Waals surface area contributed by atoms with E-state index in [0.29, 0.717) is 31.4 Å². The number of nitrogens with one attached hydrogen (secondary N) is 2. The van der Waals surface area contributed by atoms with E-state index in [-0.39, 0.29) is 0 Å². The number of anilines is 1. The molecule has 0 amide bonds. The Hall–Kier alpha value is -2.47. The molecule has 6 nitrogen and oxygen atoms in total. The Labute approximate surface area is 142 Å². The number of carboxylic acids is 1. The highest BCUT2D eigenvalue weighted by molar-refractivity contribution is 5.73. The second-order valence-corrected chi connectivity index (χ2v) is 6.16. The molecular weight excluding hydrogens is 304 g/mol. The summed E-state index contributed by atoms with van der Waals surface area (Å²) in [4.78, 5) is 19.8. The second kappa shape index (κ2) is 8.98. The van der Waals surface area contributed by atoms with Crippen molar-refractivity contribution in [3.63, 3.8) is 0 Å². The summed E-state index contributed by atoms with van der Waals surface area (Å²) in [5, 5.41) is 15.4. The van der Waals surface area contributed by atoms with Crippen molar-refractivity contribution in [3.8, 4) is 0 Å². The van der Waals surface area contributed by atoms with Crippen LogP contribution in [0.3, 0.4) is 0 Å². The second-order valence-electron chi connectivity index (χ2n) is 6.16. The quantitative estimate of drug-likeness (QED) is 0.656. The van der Waals surface area contributed by atoms with Gasteiger partial charge in [0.05, 0.1) is 0 Å². The van der Waals surface area contributed by atoms with Crippen molar-refractivity contribution in [1.82, 2.24) is 15.3 Å². The first-order valence-corrected chi connectivity index (χ1v) is 8.09. The molecule has 0 saturated carbocycles. The highest BCUT2D eigenvalue weighted by atomic mass is 16.4. The van der Waals surface area contributed by atoms with Crippen molar-refractivity contribution < 1.29 is 9.90 Å². The molecule has 1 atom stereocenters. The van der Waals surface area contributed by atoms with Crippen LogP contribution in [0.15, 0.2) is 42.7 Å². The fraction of sp³-hybridized carbons (Fsp3) is 0.389. The largest absolute Gasteiger partial charge is 0.480 e. The number of aromatic nitrogens is 2. The van der Waals surface area contributed by atoms with E-state index < -0.39 is 12.0 Å². The molecule has 6 heteroatoms. The fourth-order valence-electron chi connectivity index (χ4n) is 2.30. The van der Waals surface area contributed by atoms with Gasteiger partial charge in [-0.25, -0.2) is 9.97 Å². The van der Waals surface area contributed by atoms with E-state index >= 15 is 0 Å². The minimum atomic E-state index is -0.828. The molecule has 1 aromatic carbocycles. The van der Waals surface area contributed by atoms with Crippen LogP contribution in [0, 0.1) is 5.92 Å². The van der Waals surface area contributed by atoms with E-state index in [1.54, 1.807) is 12.4 Å². The van der Waals surface area contributed by atoms with Gasteiger partial charge < -0.3 is 15.7 Å². The van der Waals surface area contributed by atoms with Crippen LogP contribution in [0.25, 0.3) is 0 Å². The van der Waals surface area contributed by atoms with Crippen molar-refractivity contribution in [3.05, 3.63) is 53.9 Å². The summed E-state index contributed by atoms with van der Waals surface area (Å²) in [6, 6.07) is 9.47. The third-order valence-electron chi connectivity index (χ3n) is 3.56. The maximum absolute atomic E-state index is 11.2. The zero-order valence-corrected chi connectivity index (χ0v) is 14.1. The lowest BCUT2D eigenvalue weighted by atomic mass is 10.0. The molecule has 0 aliphatic heterocycles. The van der Waals surface area contributed by atoms with Gasteiger partial charge in [-0.1, -0.05) is 44.2 Å². The van der Waals surface area contributed by atoms with E-state index in [1.807, 2.05) is 44.2 Å². The number of aliphatic carboxylic acids is 1. The normalized spacial score (nSPS) is 12.1. The minimum Gasteiger partial charge on any atom is -0.480 e. The van der Waals surface area contributed by atoms with Gasteiger partial charge in [-0.3, -0.25) is 4.79 Å². The summed E-state index contributed by atoms with van der Waals surface area (Å²) >= 11 is 0. The molecule has 0 bridgehead atoms. The molecule has 0 unspecified atom stereocenters. The van der Waals surface area contributed by atoms with E-state index in [9.17, 15) is 9.90 Å². The molecule has 0 aliphatic carbocycles. The number of hydrogen-bond acceptors (Lipinski definition) is 5. The predicted molar refractivity (Wildman–Crippen MR) is 93.5 cm³/mol. The van der Waals surface area contributed by atoms with Crippen LogP contribution in [0.2, 0.25) is 0 Å². The van der Waals surface area contributed by atoms with E-state index in [4.69, 9.17) is 0 Å². The molecule has 1 aromatic heterocycles. The molecule has 2 rings (SSSR count). The molecule has 128 valence electrons. The Bertz CT molecular complexity index is 629. The van der Waals surface area contributed by atoms with Gasteiger partial charge in [0.2, 0.25) is 5.95 Å². The van der Waals surface area contributed by atoms with Crippen LogP contribution in [0.4, 0.5) is 5.95 Å². The van der Waals surface area contributed by atoms with Crippen LogP contribution in [-0.2, 0) is 17.9 Å². The van der Waals surface area contributed by atoms with Crippen molar-refractivity contribution in [2.45, 2.75) is 39.4 Å².